The van der Waals surface area contributed by atoms with Crippen molar-refractivity contribution in [3.05, 3.63) is 83.6 Å². The molecule has 0 amide bonds. The van der Waals surface area contributed by atoms with Gasteiger partial charge in [-0.2, -0.15) is 0 Å². The maximum atomic E-state index is 6.38. The van der Waals surface area contributed by atoms with Gasteiger partial charge in [-0.1, -0.05) is 59.8 Å². The molecule has 0 saturated heterocycles. The third kappa shape index (κ3) is 3.88. The number of methoxy groups -OCH3 is 1. The molecule has 0 aliphatic carbocycles. The van der Waals surface area contributed by atoms with Gasteiger partial charge in [0.15, 0.2) is 11.0 Å². The van der Waals surface area contributed by atoms with Crippen molar-refractivity contribution in [1.82, 2.24) is 19.7 Å². The lowest BCUT2D eigenvalue weighted by Crippen LogP contribution is -2.00. The van der Waals surface area contributed by atoms with Crippen molar-refractivity contribution < 1.29 is 4.74 Å². The minimum atomic E-state index is 0.538. The van der Waals surface area contributed by atoms with Crippen molar-refractivity contribution in [2.45, 2.75) is 10.9 Å². The van der Waals surface area contributed by atoms with E-state index in [1.54, 1.807) is 25.1 Å². The lowest BCUT2D eigenvalue weighted by Gasteiger charge is -2.12. The second kappa shape index (κ2) is 8.46. The second-order valence-electron chi connectivity index (χ2n) is 5.98. The molecule has 0 unspecified atom stereocenters. The monoisotopic (exact) mass is 408 g/mol. The van der Waals surface area contributed by atoms with Crippen LogP contribution in [-0.4, -0.2) is 26.9 Å². The summed E-state index contributed by atoms with van der Waals surface area (Å²) in [6.45, 7) is 0. The molecule has 140 valence electrons. The molecule has 2 aromatic carbocycles. The summed E-state index contributed by atoms with van der Waals surface area (Å²) >= 11 is 7.98. The first-order chi connectivity index (χ1) is 13.8. The zero-order valence-electron chi connectivity index (χ0n) is 15.1. The summed E-state index contributed by atoms with van der Waals surface area (Å²) in [5.74, 6) is 2.13. The molecule has 0 fully saturated rings. The number of pyridine rings is 1. The van der Waals surface area contributed by atoms with Gasteiger partial charge in [0.05, 0.1) is 17.8 Å². The van der Waals surface area contributed by atoms with Crippen LogP contribution >= 0.6 is 23.4 Å². The Morgan fingerprint density at radius 3 is 2.61 bits per heavy atom. The molecule has 0 aliphatic rings. The highest BCUT2D eigenvalue weighted by Gasteiger charge is 2.17. The summed E-state index contributed by atoms with van der Waals surface area (Å²) < 4.78 is 7.30. The van der Waals surface area contributed by atoms with Gasteiger partial charge in [-0.3, -0.25) is 9.55 Å². The Hall–Kier alpha value is -2.83. The average molecular weight is 409 g/mol. The van der Waals surface area contributed by atoms with E-state index in [9.17, 15) is 0 Å². The Morgan fingerprint density at radius 1 is 1.04 bits per heavy atom. The van der Waals surface area contributed by atoms with E-state index in [2.05, 4.69) is 15.2 Å². The summed E-state index contributed by atoms with van der Waals surface area (Å²) in [4.78, 5) is 4.17. The van der Waals surface area contributed by atoms with Crippen LogP contribution < -0.4 is 4.74 Å². The molecule has 7 heteroatoms. The van der Waals surface area contributed by atoms with Gasteiger partial charge in [0.25, 0.3) is 0 Å². The molecule has 4 rings (SSSR count). The molecule has 0 radical (unpaired) electrons. The number of benzene rings is 2. The van der Waals surface area contributed by atoms with Crippen LogP contribution in [-0.2, 0) is 5.75 Å². The number of ether oxygens (including phenoxy) is 1. The summed E-state index contributed by atoms with van der Waals surface area (Å²) in [5.41, 5.74) is 2.98. The SMILES string of the molecule is COc1ccc(-n2c(SCc3cccnc3)nnc2-c2ccccc2)cc1Cl. The fourth-order valence-electron chi connectivity index (χ4n) is 2.80. The van der Waals surface area contributed by atoms with Crippen LogP contribution in [0.2, 0.25) is 5.02 Å². The first-order valence-corrected chi connectivity index (χ1v) is 9.99. The summed E-state index contributed by atoms with van der Waals surface area (Å²) in [6, 6.07) is 19.6. The van der Waals surface area contributed by atoms with E-state index >= 15 is 0 Å². The summed E-state index contributed by atoms with van der Waals surface area (Å²) in [6.07, 6.45) is 3.62. The zero-order valence-corrected chi connectivity index (χ0v) is 16.7. The smallest absolute Gasteiger partial charge is 0.196 e. The van der Waals surface area contributed by atoms with Crippen LogP contribution in [0.5, 0.6) is 5.75 Å². The fraction of sp³-hybridized carbons (Fsp3) is 0.0952. The van der Waals surface area contributed by atoms with E-state index in [4.69, 9.17) is 16.3 Å². The minimum Gasteiger partial charge on any atom is -0.495 e. The highest BCUT2D eigenvalue weighted by Crippen LogP contribution is 2.33. The summed E-state index contributed by atoms with van der Waals surface area (Å²) in [7, 11) is 1.60. The van der Waals surface area contributed by atoms with Gasteiger partial charge in [-0.05, 0) is 29.8 Å². The van der Waals surface area contributed by atoms with Gasteiger partial charge in [0, 0.05) is 23.7 Å². The Kier molecular flexibility index (Phi) is 5.60. The Morgan fingerprint density at radius 2 is 1.89 bits per heavy atom. The Labute approximate surface area is 172 Å². The molecule has 0 N–H and O–H groups in total. The van der Waals surface area contributed by atoms with Crippen molar-refractivity contribution in [3.8, 4) is 22.8 Å². The third-order valence-electron chi connectivity index (χ3n) is 4.15. The maximum absolute atomic E-state index is 6.38. The standard InChI is InChI=1S/C21H17ClN4OS/c1-27-19-10-9-17(12-18(19)22)26-20(16-7-3-2-4-8-16)24-25-21(26)28-14-15-6-5-11-23-13-15/h2-13H,14H2,1H3. The first-order valence-electron chi connectivity index (χ1n) is 8.62. The van der Waals surface area contributed by atoms with Gasteiger partial charge < -0.3 is 4.74 Å². The summed E-state index contributed by atoms with van der Waals surface area (Å²) in [5, 5.41) is 10.2. The molecule has 5 nitrogen and oxygen atoms in total. The molecule has 0 bridgehead atoms. The number of nitrogens with zero attached hydrogens (tertiary/aromatic N) is 4. The number of aromatic nitrogens is 4. The van der Waals surface area contributed by atoms with E-state index in [0.29, 0.717) is 10.8 Å². The van der Waals surface area contributed by atoms with Crippen LogP contribution in [0.25, 0.3) is 17.1 Å². The lowest BCUT2D eigenvalue weighted by atomic mass is 10.2. The minimum absolute atomic E-state index is 0.538. The molecule has 4 aromatic rings. The molecule has 0 saturated carbocycles. The van der Waals surface area contributed by atoms with Gasteiger partial charge in [-0.15, -0.1) is 10.2 Å². The molecule has 0 aliphatic heterocycles. The number of hydrogen-bond acceptors (Lipinski definition) is 5. The van der Waals surface area contributed by atoms with Crippen molar-refractivity contribution in [3.63, 3.8) is 0 Å². The molecule has 0 atom stereocenters. The normalized spacial score (nSPS) is 10.8. The first kappa shape index (κ1) is 18.5. The van der Waals surface area contributed by atoms with Crippen molar-refractivity contribution in [2.24, 2.45) is 0 Å². The van der Waals surface area contributed by atoms with Crippen LogP contribution in [0.15, 0.2) is 78.2 Å². The van der Waals surface area contributed by atoms with Gasteiger partial charge >= 0.3 is 0 Å². The Bertz CT molecular complexity index is 1070. The van der Waals surface area contributed by atoms with E-state index in [1.807, 2.05) is 71.4 Å². The average Bonchev–Trinajstić information content (AvgIpc) is 3.17. The fourth-order valence-corrected chi connectivity index (χ4v) is 3.93. The lowest BCUT2D eigenvalue weighted by molar-refractivity contribution is 0.415. The predicted molar refractivity (Wildman–Crippen MR) is 112 cm³/mol. The van der Waals surface area contributed by atoms with Crippen molar-refractivity contribution in [1.29, 1.82) is 0 Å². The molecular weight excluding hydrogens is 392 g/mol. The number of rotatable bonds is 6. The number of hydrogen-bond donors (Lipinski definition) is 0. The van der Waals surface area contributed by atoms with Gasteiger partial charge in [0.2, 0.25) is 0 Å². The molecule has 2 aromatic heterocycles. The van der Waals surface area contributed by atoms with Crippen molar-refractivity contribution in [2.75, 3.05) is 7.11 Å². The molecular formula is C21H17ClN4OS. The number of thioether (sulfide) groups is 1. The number of halogens is 1. The van der Waals surface area contributed by atoms with Crippen LogP contribution in [0.4, 0.5) is 0 Å². The van der Waals surface area contributed by atoms with Crippen LogP contribution in [0, 0.1) is 0 Å². The van der Waals surface area contributed by atoms with E-state index in [0.717, 1.165) is 33.5 Å². The highest BCUT2D eigenvalue weighted by molar-refractivity contribution is 7.98. The zero-order chi connectivity index (χ0) is 19.3. The topological polar surface area (TPSA) is 52.8 Å². The van der Waals surface area contributed by atoms with E-state index in [-0.39, 0.29) is 0 Å². The maximum Gasteiger partial charge on any atom is 0.196 e. The molecule has 0 spiro atoms. The van der Waals surface area contributed by atoms with Crippen LogP contribution in [0.3, 0.4) is 0 Å². The van der Waals surface area contributed by atoms with Crippen LogP contribution in [0.1, 0.15) is 5.56 Å². The van der Waals surface area contributed by atoms with Gasteiger partial charge in [0.1, 0.15) is 5.75 Å². The largest absolute Gasteiger partial charge is 0.495 e. The van der Waals surface area contributed by atoms with E-state index < -0.39 is 0 Å². The van der Waals surface area contributed by atoms with E-state index in [1.165, 1.54) is 0 Å². The quantitative estimate of drug-likeness (QED) is 0.406. The third-order valence-corrected chi connectivity index (χ3v) is 5.45. The highest BCUT2D eigenvalue weighted by atomic mass is 35.5. The second-order valence-corrected chi connectivity index (χ2v) is 7.33. The predicted octanol–water partition coefficient (Wildman–Crippen LogP) is 5.28. The molecule has 28 heavy (non-hydrogen) atoms. The van der Waals surface area contributed by atoms with Gasteiger partial charge in [-0.25, -0.2) is 0 Å². The molecule has 2 heterocycles. The Balaban J connectivity index is 1.76. The van der Waals surface area contributed by atoms with Crippen molar-refractivity contribution >= 4 is 23.4 Å².